The highest BCUT2D eigenvalue weighted by Crippen LogP contribution is 2.26. The van der Waals surface area contributed by atoms with Gasteiger partial charge in [0.2, 0.25) is 0 Å². The molecule has 0 bridgehead atoms. The van der Waals surface area contributed by atoms with Crippen molar-refractivity contribution in [3.8, 4) is 11.8 Å². The van der Waals surface area contributed by atoms with Gasteiger partial charge in [-0.05, 0) is 37.9 Å². The Morgan fingerprint density at radius 1 is 1.33 bits per heavy atom. The van der Waals surface area contributed by atoms with Crippen molar-refractivity contribution >= 4 is 0 Å². The highest BCUT2D eigenvalue weighted by molar-refractivity contribution is 5.42. The quantitative estimate of drug-likeness (QED) is 0.740. The van der Waals surface area contributed by atoms with Crippen LogP contribution in [0.2, 0.25) is 0 Å². The normalized spacial score (nSPS) is 14.5. The van der Waals surface area contributed by atoms with E-state index in [1.54, 1.807) is 6.07 Å². The van der Waals surface area contributed by atoms with E-state index < -0.39 is 0 Å². The predicted molar refractivity (Wildman–Crippen MR) is 71.5 cm³/mol. The Bertz CT molecular complexity index is 421. The van der Waals surface area contributed by atoms with Crippen molar-refractivity contribution in [2.45, 2.75) is 32.2 Å². The van der Waals surface area contributed by atoms with Crippen LogP contribution in [0.25, 0.3) is 0 Å². The van der Waals surface area contributed by atoms with Gasteiger partial charge in [0.25, 0.3) is 0 Å². The van der Waals surface area contributed by atoms with Crippen molar-refractivity contribution in [2.24, 2.45) is 0 Å². The van der Waals surface area contributed by atoms with Crippen LogP contribution in [-0.4, -0.2) is 30.6 Å². The summed E-state index contributed by atoms with van der Waals surface area (Å²) in [5, 5.41) is 8.97. The fraction of sp³-hybridized carbons (Fsp3) is 0.533. The van der Waals surface area contributed by atoms with Gasteiger partial charge in [-0.1, -0.05) is 19.1 Å². The second-order valence-corrected chi connectivity index (χ2v) is 4.72. The molecule has 1 aliphatic carbocycles. The van der Waals surface area contributed by atoms with E-state index >= 15 is 0 Å². The van der Waals surface area contributed by atoms with Gasteiger partial charge >= 0.3 is 0 Å². The van der Waals surface area contributed by atoms with Crippen LogP contribution in [0.15, 0.2) is 24.3 Å². The number of rotatable bonds is 7. The van der Waals surface area contributed by atoms with Crippen molar-refractivity contribution in [3.63, 3.8) is 0 Å². The average Bonchev–Trinajstić information content (AvgIpc) is 3.22. The standard InChI is InChI=1S/C15H20N2O/c1-2-9-17(14-7-8-14)10-11-18-15-6-4-3-5-13(15)12-16/h3-6,14H,2,7-11H2,1H3. The molecule has 1 aliphatic rings. The van der Waals surface area contributed by atoms with Gasteiger partial charge in [-0.2, -0.15) is 5.26 Å². The van der Waals surface area contributed by atoms with Gasteiger partial charge in [0.15, 0.2) is 0 Å². The zero-order valence-electron chi connectivity index (χ0n) is 10.9. The van der Waals surface area contributed by atoms with Crippen molar-refractivity contribution in [1.82, 2.24) is 4.90 Å². The third-order valence-electron chi connectivity index (χ3n) is 3.22. The maximum atomic E-state index is 8.97. The molecule has 0 saturated heterocycles. The molecule has 0 N–H and O–H groups in total. The van der Waals surface area contributed by atoms with Crippen LogP contribution in [0.3, 0.4) is 0 Å². The summed E-state index contributed by atoms with van der Waals surface area (Å²) < 4.78 is 5.72. The zero-order chi connectivity index (χ0) is 12.8. The topological polar surface area (TPSA) is 36.3 Å². The monoisotopic (exact) mass is 244 g/mol. The van der Waals surface area contributed by atoms with E-state index in [-0.39, 0.29) is 0 Å². The van der Waals surface area contributed by atoms with E-state index in [4.69, 9.17) is 10.00 Å². The first kappa shape index (κ1) is 12.9. The summed E-state index contributed by atoms with van der Waals surface area (Å²) in [5.41, 5.74) is 0.617. The Morgan fingerprint density at radius 3 is 2.78 bits per heavy atom. The molecule has 2 rings (SSSR count). The minimum absolute atomic E-state index is 0.617. The Balaban J connectivity index is 1.82. The third kappa shape index (κ3) is 3.48. The van der Waals surface area contributed by atoms with E-state index in [0.29, 0.717) is 17.9 Å². The van der Waals surface area contributed by atoms with E-state index in [0.717, 1.165) is 19.1 Å². The van der Waals surface area contributed by atoms with Crippen molar-refractivity contribution in [3.05, 3.63) is 29.8 Å². The summed E-state index contributed by atoms with van der Waals surface area (Å²) in [6.45, 7) is 4.97. The number of hydrogen-bond acceptors (Lipinski definition) is 3. The van der Waals surface area contributed by atoms with E-state index in [1.165, 1.54) is 19.3 Å². The van der Waals surface area contributed by atoms with Gasteiger partial charge in [0, 0.05) is 12.6 Å². The molecule has 0 amide bonds. The fourth-order valence-electron chi connectivity index (χ4n) is 2.16. The third-order valence-corrected chi connectivity index (χ3v) is 3.22. The Morgan fingerprint density at radius 2 is 2.11 bits per heavy atom. The van der Waals surface area contributed by atoms with E-state index in [1.807, 2.05) is 18.2 Å². The highest BCUT2D eigenvalue weighted by atomic mass is 16.5. The first-order valence-corrected chi connectivity index (χ1v) is 6.71. The van der Waals surface area contributed by atoms with E-state index in [2.05, 4.69) is 17.9 Å². The summed E-state index contributed by atoms with van der Waals surface area (Å²) in [7, 11) is 0. The number of hydrogen-bond donors (Lipinski definition) is 0. The number of nitriles is 1. The lowest BCUT2D eigenvalue weighted by molar-refractivity contribution is 0.201. The zero-order valence-corrected chi connectivity index (χ0v) is 10.9. The molecule has 0 unspecified atom stereocenters. The van der Waals surface area contributed by atoms with Crippen LogP contribution in [0.4, 0.5) is 0 Å². The maximum Gasteiger partial charge on any atom is 0.137 e. The minimum atomic E-state index is 0.617. The molecule has 0 radical (unpaired) electrons. The lowest BCUT2D eigenvalue weighted by Gasteiger charge is -2.21. The second kappa shape index (κ2) is 6.42. The average molecular weight is 244 g/mol. The van der Waals surface area contributed by atoms with Gasteiger partial charge < -0.3 is 4.74 Å². The maximum absolute atomic E-state index is 8.97. The van der Waals surface area contributed by atoms with Gasteiger partial charge in [-0.25, -0.2) is 0 Å². The highest BCUT2D eigenvalue weighted by Gasteiger charge is 2.27. The Kier molecular flexibility index (Phi) is 4.60. The largest absolute Gasteiger partial charge is 0.491 e. The molecule has 0 aromatic heterocycles. The molecule has 1 fully saturated rings. The van der Waals surface area contributed by atoms with Crippen molar-refractivity contribution in [1.29, 1.82) is 5.26 Å². The first-order valence-electron chi connectivity index (χ1n) is 6.71. The lowest BCUT2D eigenvalue weighted by Crippen LogP contribution is -2.31. The molecule has 3 nitrogen and oxygen atoms in total. The van der Waals surface area contributed by atoms with Crippen molar-refractivity contribution < 1.29 is 4.74 Å². The summed E-state index contributed by atoms with van der Waals surface area (Å²) in [5.74, 6) is 0.701. The van der Waals surface area contributed by atoms with Crippen LogP contribution in [0.1, 0.15) is 31.7 Å². The molecule has 0 heterocycles. The van der Waals surface area contributed by atoms with Crippen LogP contribution in [-0.2, 0) is 0 Å². The molecule has 1 aromatic rings. The summed E-state index contributed by atoms with van der Waals surface area (Å²) in [6.07, 6.45) is 3.84. The first-order chi connectivity index (χ1) is 8.85. The Hall–Kier alpha value is -1.53. The number of ether oxygens (including phenoxy) is 1. The molecular formula is C15H20N2O. The van der Waals surface area contributed by atoms with E-state index in [9.17, 15) is 0 Å². The molecular weight excluding hydrogens is 224 g/mol. The van der Waals surface area contributed by atoms with Gasteiger partial charge in [-0.3, -0.25) is 4.90 Å². The molecule has 18 heavy (non-hydrogen) atoms. The minimum Gasteiger partial charge on any atom is -0.491 e. The van der Waals surface area contributed by atoms with Gasteiger partial charge in [0.1, 0.15) is 18.4 Å². The molecule has 3 heteroatoms. The molecule has 96 valence electrons. The second-order valence-electron chi connectivity index (χ2n) is 4.72. The smallest absolute Gasteiger partial charge is 0.137 e. The fourth-order valence-corrected chi connectivity index (χ4v) is 2.16. The molecule has 1 saturated carbocycles. The molecule has 0 aliphatic heterocycles. The summed E-state index contributed by atoms with van der Waals surface area (Å²) in [4.78, 5) is 2.50. The van der Waals surface area contributed by atoms with Crippen LogP contribution < -0.4 is 4.74 Å². The van der Waals surface area contributed by atoms with Gasteiger partial charge in [-0.15, -0.1) is 0 Å². The van der Waals surface area contributed by atoms with Crippen LogP contribution in [0.5, 0.6) is 5.75 Å². The number of benzene rings is 1. The number of nitrogens with zero attached hydrogens (tertiary/aromatic N) is 2. The predicted octanol–water partition coefficient (Wildman–Crippen LogP) is 2.81. The molecule has 0 atom stereocenters. The van der Waals surface area contributed by atoms with Crippen LogP contribution >= 0.6 is 0 Å². The SMILES string of the molecule is CCCN(CCOc1ccccc1C#N)C1CC1. The van der Waals surface area contributed by atoms with Gasteiger partial charge in [0.05, 0.1) is 5.56 Å². The molecule has 1 aromatic carbocycles. The number of para-hydroxylation sites is 1. The van der Waals surface area contributed by atoms with Crippen molar-refractivity contribution in [2.75, 3.05) is 19.7 Å². The Labute approximate surface area is 109 Å². The van der Waals surface area contributed by atoms with Crippen LogP contribution in [0, 0.1) is 11.3 Å². The molecule has 0 spiro atoms. The summed E-state index contributed by atoms with van der Waals surface area (Å²) >= 11 is 0. The lowest BCUT2D eigenvalue weighted by atomic mass is 10.2. The summed E-state index contributed by atoms with van der Waals surface area (Å²) in [6, 6.07) is 10.3.